The number of nitrogens with two attached hydrogens (primary N) is 3. The number of nitrogens with one attached hydrogen (secondary N) is 11. The minimum atomic E-state index is -1.86. The highest BCUT2D eigenvalue weighted by molar-refractivity contribution is 6.00. The number of aliphatic hydroxyl groups excluding tert-OH is 2. The maximum absolute atomic E-state index is 14.2. The average Bonchev–Trinajstić information content (AvgIpc) is 3.40. The monoisotopic (exact) mass is 1250 g/mol. The summed E-state index contributed by atoms with van der Waals surface area (Å²) in [5, 5.41) is 64.0. The van der Waals surface area contributed by atoms with E-state index in [1.807, 2.05) is 5.32 Å². The van der Waals surface area contributed by atoms with E-state index in [1.165, 1.54) is 13.8 Å². The number of aliphatic carboxylic acids is 2. The Balaban J connectivity index is 2.35. The van der Waals surface area contributed by atoms with Gasteiger partial charge in [-0.05, 0) is 43.2 Å². The molecule has 2 rings (SSSR count). The SMILES string of the molecule is CC[C@H](C)[C@H](NC(=O)[C@H](Cc1ccccc1)NC(=O)[C@H](CO)NC(=O)[C@H](C)NC(=O)[C@H](Cc1ccccc1)NC(=O)[C@H](CC(C)C)NC(=O)[C@H](CC(N)=O)NC(=O)CNC(=O)[C@@H](N)CC(N)=O)C(=O)N[C@@H](C)C(=O)N[C@@H](CC(=O)O)C(=O)N[C@@H](CO)C(=O)O. The van der Waals surface area contributed by atoms with E-state index in [4.69, 9.17) is 17.2 Å². The van der Waals surface area contributed by atoms with Crippen molar-refractivity contribution in [1.29, 1.82) is 0 Å². The molecular weight excluding hydrogens is 1170 g/mol. The molecule has 0 radical (unpaired) electrons. The lowest BCUT2D eigenvalue weighted by Crippen LogP contribution is -2.61. The van der Waals surface area contributed by atoms with Crippen molar-refractivity contribution >= 4 is 88.7 Å². The first-order valence-corrected chi connectivity index (χ1v) is 28.2. The number of aliphatic hydroxyl groups is 2. The van der Waals surface area contributed by atoms with E-state index in [1.54, 1.807) is 88.4 Å². The summed E-state index contributed by atoms with van der Waals surface area (Å²) in [6.45, 7) is 6.15. The van der Waals surface area contributed by atoms with Crippen LogP contribution in [0.5, 0.6) is 0 Å². The zero-order chi connectivity index (χ0) is 67.2. The number of hydrogen-bond donors (Lipinski definition) is 18. The fourth-order valence-electron chi connectivity index (χ4n) is 8.24. The van der Waals surface area contributed by atoms with Crippen molar-refractivity contribution in [3.8, 4) is 0 Å². The Labute approximate surface area is 511 Å². The van der Waals surface area contributed by atoms with E-state index in [0.29, 0.717) is 11.1 Å². The number of carboxylic acid groups (broad SMARTS) is 2. The highest BCUT2D eigenvalue weighted by Crippen LogP contribution is 2.13. The Hall–Kier alpha value is -9.63. The van der Waals surface area contributed by atoms with E-state index >= 15 is 0 Å². The Kier molecular flexibility index (Phi) is 32.1. The highest BCUT2D eigenvalue weighted by atomic mass is 16.4. The summed E-state index contributed by atoms with van der Waals surface area (Å²) in [6.07, 6.45) is -2.56. The van der Waals surface area contributed by atoms with Crippen LogP contribution in [0.2, 0.25) is 0 Å². The zero-order valence-electron chi connectivity index (χ0n) is 50.0. The maximum Gasteiger partial charge on any atom is 0.328 e. The van der Waals surface area contributed by atoms with Crippen molar-refractivity contribution in [2.75, 3.05) is 19.8 Å². The van der Waals surface area contributed by atoms with Crippen LogP contribution in [0.1, 0.15) is 84.8 Å². The molecule has 0 heterocycles. The topological polar surface area (TPSA) is 547 Å². The van der Waals surface area contributed by atoms with Crippen LogP contribution in [-0.2, 0) is 84.8 Å². The lowest BCUT2D eigenvalue weighted by molar-refractivity contribution is -0.144. The average molecular weight is 1260 g/mol. The molecule has 0 aromatic heterocycles. The maximum atomic E-state index is 14.2. The predicted octanol–water partition coefficient (Wildman–Crippen LogP) is -6.81. The van der Waals surface area contributed by atoms with Gasteiger partial charge in [0.25, 0.3) is 0 Å². The third-order valence-electron chi connectivity index (χ3n) is 13.3. The van der Waals surface area contributed by atoms with Gasteiger partial charge in [0.15, 0.2) is 0 Å². The second kappa shape index (κ2) is 37.8. The molecule has 0 spiro atoms. The second-order valence-corrected chi connectivity index (χ2v) is 21.3. The van der Waals surface area contributed by atoms with Crippen LogP contribution in [0.3, 0.4) is 0 Å². The van der Waals surface area contributed by atoms with Crippen LogP contribution in [0.15, 0.2) is 60.7 Å². The molecule has 33 heteroatoms. The number of benzene rings is 2. The molecule has 0 saturated heterocycles. The number of hydrogen-bond acceptors (Lipinski definition) is 18. The van der Waals surface area contributed by atoms with E-state index in [0.717, 1.165) is 0 Å². The van der Waals surface area contributed by atoms with Gasteiger partial charge in [-0.15, -0.1) is 0 Å². The molecule has 0 saturated carbocycles. The molecule has 33 nitrogen and oxygen atoms in total. The first-order valence-electron chi connectivity index (χ1n) is 28.2. The Morgan fingerprint density at radius 3 is 1.27 bits per heavy atom. The Morgan fingerprint density at radius 1 is 0.438 bits per heavy atom. The largest absolute Gasteiger partial charge is 0.481 e. The number of amides is 13. The van der Waals surface area contributed by atoms with Crippen LogP contribution >= 0.6 is 0 Å². The fourth-order valence-corrected chi connectivity index (χ4v) is 8.24. The molecule has 13 amide bonds. The van der Waals surface area contributed by atoms with Crippen LogP contribution < -0.4 is 75.7 Å². The van der Waals surface area contributed by atoms with Crippen LogP contribution in [0.25, 0.3) is 0 Å². The van der Waals surface area contributed by atoms with Crippen molar-refractivity contribution in [2.45, 2.75) is 153 Å². The smallest absolute Gasteiger partial charge is 0.328 e. The van der Waals surface area contributed by atoms with Crippen molar-refractivity contribution in [3.05, 3.63) is 71.8 Å². The normalized spacial score (nSPS) is 15.0. The fraction of sp³-hybridized carbons (Fsp3) is 0.518. The van der Waals surface area contributed by atoms with Gasteiger partial charge in [0.05, 0.1) is 45.1 Å². The van der Waals surface area contributed by atoms with Crippen molar-refractivity contribution in [2.24, 2.45) is 29.0 Å². The van der Waals surface area contributed by atoms with E-state index < -0.39 is 200 Å². The number of carboxylic acids is 2. The van der Waals surface area contributed by atoms with Gasteiger partial charge in [0, 0.05) is 12.8 Å². The lowest BCUT2D eigenvalue weighted by Gasteiger charge is -2.29. The van der Waals surface area contributed by atoms with Crippen LogP contribution in [0.4, 0.5) is 0 Å². The lowest BCUT2D eigenvalue weighted by atomic mass is 9.96. The quantitative estimate of drug-likeness (QED) is 0.0296. The highest BCUT2D eigenvalue weighted by Gasteiger charge is 2.37. The first-order chi connectivity index (χ1) is 41.8. The van der Waals surface area contributed by atoms with Gasteiger partial charge >= 0.3 is 11.9 Å². The number of rotatable bonds is 39. The molecule has 21 N–H and O–H groups in total. The van der Waals surface area contributed by atoms with Crippen molar-refractivity contribution < 1.29 is 92.3 Å². The molecule has 12 atom stereocenters. The van der Waals surface area contributed by atoms with Crippen molar-refractivity contribution in [1.82, 2.24) is 58.5 Å². The molecule has 0 fully saturated rings. The number of primary amides is 2. The standard InChI is InChI=1S/C56H82N14O19/c1-7-28(4)45(55(87)62-30(6)46(78)64-38(23-44(76)77)52(84)69-40(26-72)56(88)89)70-53(85)36(20-32-16-12-9-13-17-32)67-54(86)39(25-71)68-47(79)29(5)61-49(81)35(19-31-14-10-8-11-15-31)66-50(82)34(18-27(2)3)65-51(83)37(22-42(59)74)63-43(75)24-60-48(80)33(57)21-41(58)73/h8-17,27-30,33-40,45,71-72H,7,18-26,57H2,1-6H3,(H2,58,73)(H2,59,74)(H,60,80)(H,61,81)(H,62,87)(H,63,75)(H,64,78)(H,65,83)(H,66,82)(H,67,86)(H,68,79)(H,69,84)(H,70,85)(H,76,77)(H,88,89)/t28-,29-,30-,33-,34-,35-,36-,37-,38-,39-,40-,45-/m0/s1. The van der Waals surface area contributed by atoms with Gasteiger partial charge in [-0.1, -0.05) is 94.8 Å². The van der Waals surface area contributed by atoms with Crippen LogP contribution in [-0.4, -0.2) is 195 Å². The minimum Gasteiger partial charge on any atom is -0.481 e. The van der Waals surface area contributed by atoms with Gasteiger partial charge in [0.1, 0.15) is 60.4 Å². The van der Waals surface area contributed by atoms with Gasteiger partial charge < -0.3 is 96.1 Å². The predicted molar refractivity (Wildman–Crippen MR) is 313 cm³/mol. The van der Waals surface area contributed by atoms with E-state index in [9.17, 15) is 92.3 Å². The van der Waals surface area contributed by atoms with Gasteiger partial charge in [-0.2, -0.15) is 0 Å². The molecule has 0 aliphatic carbocycles. The number of carbonyl (C=O) groups is 15. The summed E-state index contributed by atoms with van der Waals surface area (Å²) >= 11 is 0. The second-order valence-electron chi connectivity index (χ2n) is 21.3. The zero-order valence-corrected chi connectivity index (χ0v) is 50.0. The number of carbonyl (C=O) groups excluding carboxylic acids is 13. The van der Waals surface area contributed by atoms with Crippen molar-refractivity contribution in [3.63, 3.8) is 0 Å². The molecule has 0 aliphatic rings. The Morgan fingerprint density at radius 2 is 0.831 bits per heavy atom. The summed E-state index contributed by atoms with van der Waals surface area (Å²) in [6, 6.07) is -1.03. The summed E-state index contributed by atoms with van der Waals surface area (Å²) in [5.74, 6) is -17.4. The molecule has 0 aliphatic heterocycles. The summed E-state index contributed by atoms with van der Waals surface area (Å²) in [5.41, 5.74) is 17.0. The molecule has 490 valence electrons. The molecule has 0 bridgehead atoms. The molecule has 2 aromatic carbocycles. The summed E-state index contributed by atoms with van der Waals surface area (Å²) < 4.78 is 0. The minimum absolute atomic E-state index is 0.0650. The molecule has 0 unspecified atom stereocenters. The molecule has 2 aromatic rings. The van der Waals surface area contributed by atoms with E-state index in [-0.39, 0.29) is 31.6 Å². The summed E-state index contributed by atoms with van der Waals surface area (Å²) in [4.78, 5) is 195. The molecule has 89 heavy (non-hydrogen) atoms. The van der Waals surface area contributed by atoms with Crippen LogP contribution in [0, 0.1) is 11.8 Å². The van der Waals surface area contributed by atoms with Gasteiger partial charge in [-0.3, -0.25) is 67.1 Å². The van der Waals surface area contributed by atoms with Gasteiger partial charge in [-0.25, -0.2) is 4.79 Å². The Bertz CT molecular complexity index is 2830. The third-order valence-corrected chi connectivity index (χ3v) is 13.3. The summed E-state index contributed by atoms with van der Waals surface area (Å²) in [7, 11) is 0. The first kappa shape index (κ1) is 75.5. The van der Waals surface area contributed by atoms with Gasteiger partial charge in [0.2, 0.25) is 76.8 Å². The van der Waals surface area contributed by atoms with E-state index in [2.05, 4.69) is 53.2 Å². The third kappa shape index (κ3) is 27.3. The molecular formula is C56H82N14O19.